The Balaban J connectivity index is 2.10. The standard InChI is InChI=1S/C12H18N2O2/c1-12(2)8-14(5-3-10(12)13)11(15)9-4-6-16-7-9/h4,6-7,10H,3,5,8,13H2,1-2H3. The molecule has 1 unspecified atom stereocenters. The van der Waals surface area contributed by atoms with Crippen LogP contribution in [0.4, 0.5) is 0 Å². The first-order chi connectivity index (χ1) is 7.50. The minimum absolute atomic E-state index is 0.0162. The molecule has 2 rings (SSSR count). The molecule has 2 heterocycles. The summed E-state index contributed by atoms with van der Waals surface area (Å²) in [4.78, 5) is 13.9. The monoisotopic (exact) mass is 222 g/mol. The van der Waals surface area contributed by atoms with Gasteiger partial charge < -0.3 is 15.1 Å². The molecule has 1 saturated heterocycles. The molecular formula is C12H18N2O2. The van der Waals surface area contributed by atoms with Gasteiger partial charge in [-0.25, -0.2) is 0 Å². The Morgan fingerprint density at radius 3 is 2.94 bits per heavy atom. The third-order valence-electron chi connectivity index (χ3n) is 3.37. The highest BCUT2D eigenvalue weighted by atomic mass is 16.3. The topological polar surface area (TPSA) is 59.5 Å². The number of carbonyl (C=O) groups excluding carboxylic acids is 1. The lowest BCUT2D eigenvalue weighted by atomic mass is 9.79. The lowest BCUT2D eigenvalue weighted by molar-refractivity contribution is 0.0532. The number of rotatable bonds is 1. The molecule has 1 amide bonds. The van der Waals surface area contributed by atoms with Crippen LogP contribution in [0.25, 0.3) is 0 Å². The van der Waals surface area contributed by atoms with Crippen LogP contribution in [0.5, 0.6) is 0 Å². The third-order valence-corrected chi connectivity index (χ3v) is 3.37. The number of hydrogen-bond donors (Lipinski definition) is 1. The Bertz CT molecular complexity index is 370. The average molecular weight is 222 g/mol. The number of carbonyl (C=O) groups is 1. The molecule has 1 atom stereocenters. The van der Waals surface area contributed by atoms with E-state index in [0.717, 1.165) is 13.0 Å². The molecule has 0 aliphatic carbocycles. The van der Waals surface area contributed by atoms with E-state index >= 15 is 0 Å². The summed E-state index contributed by atoms with van der Waals surface area (Å²) in [5.41, 5.74) is 6.64. The zero-order valence-corrected chi connectivity index (χ0v) is 9.77. The molecule has 88 valence electrons. The van der Waals surface area contributed by atoms with Crippen LogP contribution in [0.2, 0.25) is 0 Å². The first kappa shape index (κ1) is 11.2. The molecule has 1 fully saturated rings. The normalized spacial score (nSPS) is 24.4. The fraction of sp³-hybridized carbons (Fsp3) is 0.583. The Morgan fingerprint density at radius 2 is 2.38 bits per heavy atom. The molecule has 0 bridgehead atoms. The Morgan fingerprint density at radius 1 is 1.62 bits per heavy atom. The van der Waals surface area contributed by atoms with Gasteiger partial charge in [0.2, 0.25) is 0 Å². The van der Waals surface area contributed by atoms with Crippen molar-refractivity contribution >= 4 is 5.91 Å². The number of nitrogens with zero attached hydrogens (tertiary/aromatic N) is 1. The van der Waals surface area contributed by atoms with Crippen LogP contribution in [0.1, 0.15) is 30.6 Å². The van der Waals surface area contributed by atoms with Crippen molar-refractivity contribution in [1.82, 2.24) is 4.90 Å². The highest BCUT2D eigenvalue weighted by Gasteiger charge is 2.35. The van der Waals surface area contributed by atoms with Crippen molar-refractivity contribution in [2.75, 3.05) is 13.1 Å². The second-order valence-corrected chi connectivity index (χ2v) is 5.12. The summed E-state index contributed by atoms with van der Waals surface area (Å²) >= 11 is 0. The minimum Gasteiger partial charge on any atom is -0.472 e. The van der Waals surface area contributed by atoms with Crippen LogP contribution >= 0.6 is 0 Å². The fourth-order valence-corrected chi connectivity index (χ4v) is 2.12. The number of likely N-dealkylation sites (tertiary alicyclic amines) is 1. The smallest absolute Gasteiger partial charge is 0.257 e. The quantitative estimate of drug-likeness (QED) is 0.783. The molecule has 4 heteroatoms. The molecule has 0 saturated carbocycles. The van der Waals surface area contributed by atoms with Crippen molar-refractivity contribution in [3.63, 3.8) is 0 Å². The van der Waals surface area contributed by atoms with Crippen LogP contribution in [-0.4, -0.2) is 29.9 Å². The second kappa shape index (κ2) is 3.94. The highest BCUT2D eigenvalue weighted by Crippen LogP contribution is 2.28. The van der Waals surface area contributed by atoms with Gasteiger partial charge in [-0.15, -0.1) is 0 Å². The summed E-state index contributed by atoms with van der Waals surface area (Å²) in [6.07, 6.45) is 3.87. The number of piperidine rings is 1. The first-order valence-electron chi connectivity index (χ1n) is 5.58. The van der Waals surface area contributed by atoms with Gasteiger partial charge in [-0.3, -0.25) is 4.79 Å². The van der Waals surface area contributed by atoms with Crippen LogP contribution in [0, 0.1) is 5.41 Å². The second-order valence-electron chi connectivity index (χ2n) is 5.12. The van der Waals surface area contributed by atoms with Gasteiger partial charge in [0.25, 0.3) is 5.91 Å². The van der Waals surface area contributed by atoms with Gasteiger partial charge in [0, 0.05) is 19.1 Å². The van der Waals surface area contributed by atoms with E-state index in [2.05, 4.69) is 13.8 Å². The van der Waals surface area contributed by atoms with Crippen LogP contribution in [0.15, 0.2) is 23.0 Å². The van der Waals surface area contributed by atoms with Crippen molar-refractivity contribution in [2.45, 2.75) is 26.3 Å². The van der Waals surface area contributed by atoms with Gasteiger partial charge >= 0.3 is 0 Å². The molecule has 1 aliphatic heterocycles. The summed E-state index contributed by atoms with van der Waals surface area (Å²) in [7, 11) is 0. The van der Waals surface area contributed by atoms with E-state index in [1.807, 2.05) is 4.90 Å². The van der Waals surface area contributed by atoms with Crippen molar-refractivity contribution in [2.24, 2.45) is 11.1 Å². The number of hydrogen-bond acceptors (Lipinski definition) is 3. The highest BCUT2D eigenvalue weighted by molar-refractivity contribution is 5.93. The predicted molar refractivity (Wildman–Crippen MR) is 61.0 cm³/mol. The maximum atomic E-state index is 12.1. The van der Waals surface area contributed by atoms with Crippen LogP contribution in [0.3, 0.4) is 0 Å². The molecule has 0 aromatic carbocycles. The van der Waals surface area contributed by atoms with Gasteiger partial charge in [0.1, 0.15) is 6.26 Å². The number of furan rings is 1. The molecular weight excluding hydrogens is 204 g/mol. The van der Waals surface area contributed by atoms with E-state index in [1.54, 1.807) is 6.07 Å². The molecule has 16 heavy (non-hydrogen) atoms. The fourth-order valence-electron chi connectivity index (χ4n) is 2.12. The summed E-state index contributed by atoms with van der Waals surface area (Å²) in [6, 6.07) is 1.87. The molecule has 0 radical (unpaired) electrons. The first-order valence-corrected chi connectivity index (χ1v) is 5.58. The summed E-state index contributed by atoms with van der Waals surface area (Å²) in [6.45, 7) is 5.64. The van der Waals surface area contributed by atoms with E-state index in [9.17, 15) is 4.79 Å². The van der Waals surface area contributed by atoms with Gasteiger partial charge in [-0.1, -0.05) is 13.8 Å². The molecule has 1 aromatic rings. The largest absolute Gasteiger partial charge is 0.472 e. The lowest BCUT2D eigenvalue weighted by Gasteiger charge is -2.42. The summed E-state index contributed by atoms with van der Waals surface area (Å²) in [5, 5.41) is 0. The maximum Gasteiger partial charge on any atom is 0.257 e. The van der Waals surface area contributed by atoms with Gasteiger partial charge in [-0.05, 0) is 17.9 Å². The lowest BCUT2D eigenvalue weighted by Crippen LogP contribution is -2.53. The molecule has 1 aromatic heterocycles. The molecule has 4 nitrogen and oxygen atoms in total. The van der Waals surface area contributed by atoms with E-state index < -0.39 is 0 Å². The van der Waals surface area contributed by atoms with Gasteiger partial charge in [-0.2, -0.15) is 0 Å². The minimum atomic E-state index is -0.0162. The summed E-state index contributed by atoms with van der Waals surface area (Å²) in [5.74, 6) is 0.0359. The Labute approximate surface area is 95.4 Å². The zero-order valence-electron chi connectivity index (χ0n) is 9.77. The van der Waals surface area contributed by atoms with Gasteiger partial charge in [0.05, 0.1) is 11.8 Å². The van der Waals surface area contributed by atoms with Crippen molar-refractivity contribution in [3.8, 4) is 0 Å². The molecule has 0 spiro atoms. The van der Waals surface area contributed by atoms with Crippen molar-refractivity contribution in [3.05, 3.63) is 24.2 Å². The third kappa shape index (κ3) is 1.97. The van der Waals surface area contributed by atoms with E-state index in [1.165, 1.54) is 12.5 Å². The maximum absolute atomic E-state index is 12.1. The Hall–Kier alpha value is -1.29. The Kier molecular flexibility index (Phi) is 2.76. The van der Waals surface area contributed by atoms with E-state index in [4.69, 9.17) is 10.2 Å². The summed E-state index contributed by atoms with van der Waals surface area (Å²) < 4.78 is 4.93. The van der Waals surface area contributed by atoms with Crippen molar-refractivity contribution in [1.29, 1.82) is 0 Å². The van der Waals surface area contributed by atoms with Gasteiger partial charge in [0.15, 0.2) is 0 Å². The van der Waals surface area contributed by atoms with Crippen LogP contribution < -0.4 is 5.73 Å². The number of nitrogens with two attached hydrogens (primary N) is 1. The average Bonchev–Trinajstić information content (AvgIpc) is 2.74. The van der Waals surface area contributed by atoms with Crippen LogP contribution in [-0.2, 0) is 0 Å². The molecule has 2 N–H and O–H groups in total. The van der Waals surface area contributed by atoms with Crippen molar-refractivity contribution < 1.29 is 9.21 Å². The number of amides is 1. The zero-order chi connectivity index (χ0) is 11.8. The molecule has 1 aliphatic rings. The van der Waals surface area contributed by atoms with E-state index in [-0.39, 0.29) is 17.4 Å². The van der Waals surface area contributed by atoms with E-state index in [0.29, 0.717) is 12.1 Å². The SMILES string of the molecule is CC1(C)CN(C(=O)c2ccoc2)CCC1N. The predicted octanol–water partition coefficient (Wildman–Crippen LogP) is 1.48.